The van der Waals surface area contributed by atoms with E-state index in [1.54, 1.807) is 0 Å². The van der Waals surface area contributed by atoms with Crippen LogP contribution in [0.4, 0.5) is 0 Å². The number of aliphatic hydroxyl groups excluding tert-OH is 1. The maximum Gasteiger partial charge on any atom is 0.306 e. The molecule has 0 aliphatic heterocycles. The SMILES string of the molecule is [CH2]C(CO)OC(=O)CCCCCCCCCCC. The molecule has 0 rings (SSSR count). The number of aliphatic hydroxyl groups is 1. The fourth-order valence-electron chi connectivity index (χ4n) is 1.86. The summed E-state index contributed by atoms with van der Waals surface area (Å²) in [5.41, 5.74) is 0. The van der Waals surface area contributed by atoms with Crippen molar-refractivity contribution in [2.75, 3.05) is 6.61 Å². The van der Waals surface area contributed by atoms with Crippen molar-refractivity contribution in [1.82, 2.24) is 0 Å². The summed E-state index contributed by atoms with van der Waals surface area (Å²) in [6, 6.07) is 0. The van der Waals surface area contributed by atoms with Crippen LogP contribution in [0.1, 0.15) is 71.1 Å². The molecule has 1 N–H and O–H groups in total. The molecule has 0 spiro atoms. The molecule has 0 amide bonds. The second-order valence-corrected chi connectivity index (χ2v) is 4.87. The molecular weight excluding hydrogens is 228 g/mol. The van der Waals surface area contributed by atoms with Gasteiger partial charge in [0.2, 0.25) is 0 Å². The maximum atomic E-state index is 11.2. The summed E-state index contributed by atoms with van der Waals surface area (Å²) >= 11 is 0. The molecule has 0 aromatic carbocycles. The molecule has 0 bridgehead atoms. The first-order chi connectivity index (χ1) is 8.70. The zero-order valence-corrected chi connectivity index (χ0v) is 11.8. The molecule has 0 saturated carbocycles. The third kappa shape index (κ3) is 11.9. The van der Waals surface area contributed by atoms with E-state index in [4.69, 9.17) is 9.84 Å². The maximum absolute atomic E-state index is 11.2. The molecule has 1 atom stereocenters. The van der Waals surface area contributed by atoms with Crippen LogP contribution in [0.3, 0.4) is 0 Å². The number of esters is 1. The molecule has 1 unspecified atom stereocenters. The van der Waals surface area contributed by atoms with Crippen LogP contribution in [-0.4, -0.2) is 23.8 Å². The van der Waals surface area contributed by atoms with Crippen LogP contribution in [-0.2, 0) is 9.53 Å². The molecule has 1 radical (unpaired) electrons. The van der Waals surface area contributed by atoms with Crippen molar-refractivity contribution in [3.8, 4) is 0 Å². The summed E-state index contributed by atoms with van der Waals surface area (Å²) in [7, 11) is 0. The highest BCUT2D eigenvalue weighted by Gasteiger charge is 2.07. The summed E-state index contributed by atoms with van der Waals surface area (Å²) in [6.45, 7) is 5.52. The standard InChI is InChI=1S/C15H29O3/c1-3-4-5-6-7-8-9-10-11-12-15(17)18-14(2)13-16/h14,16H,2-13H2,1H3. The van der Waals surface area contributed by atoms with E-state index < -0.39 is 6.10 Å². The van der Waals surface area contributed by atoms with Gasteiger partial charge in [-0.05, 0) is 13.3 Å². The van der Waals surface area contributed by atoms with Gasteiger partial charge < -0.3 is 9.84 Å². The number of unbranched alkanes of at least 4 members (excludes halogenated alkanes) is 8. The Bertz CT molecular complexity index is 192. The predicted octanol–water partition coefficient (Wildman–Crippen LogP) is 3.65. The molecule has 18 heavy (non-hydrogen) atoms. The lowest BCUT2D eigenvalue weighted by Gasteiger charge is -2.09. The molecule has 0 aliphatic rings. The van der Waals surface area contributed by atoms with Gasteiger partial charge in [0.25, 0.3) is 0 Å². The van der Waals surface area contributed by atoms with Crippen molar-refractivity contribution in [3.05, 3.63) is 6.92 Å². The molecule has 107 valence electrons. The Morgan fingerprint density at radius 2 is 1.56 bits per heavy atom. The number of hydrogen-bond donors (Lipinski definition) is 1. The highest BCUT2D eigenvalue weighted by molar-refractivity contribution is 5.69. The molecule has 0 saturated heterocycles. The van der Waals surface area contributed by atoms with Gasteiger partial charge in [-0.25, -0.2) is 0 Å². The molecule has 0 aromatic rings. The van der Waals surface area contributed by atoms with Crippen LogP contribution in [0, 0.1) is 6.92 Å². The van der Waals surface area contributed by atoms with Gasteiger partial charge in [0, 0.05) is 6.42 Å². The summed E-state index contributed by atoms with van der Waals surface area (Å²) in [6.07, 6.45) is 10.9. The molecule has 0 aromatic heterocycles. The highest BCUT2D eigenvalue weighted by Crippen LogP contribution is 2.10. The van der Waals surface area contributed by atoms with Crippen molar-refractivity contribution in [3.63, 3.8) is 0 Å². The van der Waals surface area contributed by atoms with Crippen molar-refractivity contribution in [2.45, 2.75) is 77.2 Å². The van der Waals surface area contributed by atoms with Gasteiger partial charge in [-0.1, -0.05) is 58.3 Å². The Labute approximate surface area is 112 Å². The zero-order valence-electron chi connectivity index (χ0n) is 11.8. The third-order valence-electron chi connectivity index (χ3n) is 2.99. The Morgan fingerprint density at radius 1 is 1.06 bits per heavy atom. The van der Waals surface area contributed by atoms with Gasteiger partial charge in [0.1, 0.15) is 6.10 Å². The van der Waals surface area contributed by atoms with Gasteiger partial charge >= 0.3 is 5.97 Å². The average molecular weight is 257 g/mol. The van der Waals surface area contributed by atoms with Gasteiger partial charge in [0.05, 0.1) is 6.61 Å². The van der Waals surface area contributed by atoms with E-state index in [9.17, 15) is 4.79 Å². The van der Waals surface area contributed by atoms with E-state index in [-0.39, 0.29) is 12.6 Å². The molecular formula is C15H29O3. The van der Waals surface area contributed by atoms with Crippen LogP contribution < -0.4 is 0 Å². The van der Waals surface area contributed by atoms with E-state index in [1.807, 2.05) is 0 Å². The van der Waals surface area contributed by atoms with Crippen LogP contribution in [0.25, 0.3) is 0 Å². The summed E-state index contributed by atoms with van der Waals surface area (Å²) < 4.78 is 4.87. The first kappa shape index (κ1) is 17.4. The Morgan fingerprint density at radius 3 is 2.06 bits per heavy atom. The van der Waals surface area contributed by atoms with Crippen LogP contribution >= 0.6 is 0 Å². The molecule has 3 heteroatoms. The lowest BCUT2D eigenvalue weighted by atomic mass is 10.1. The summed E-state index contributed by atoms with van der Waals surface area (Å²) in [5.74, 6) is -0.244. The molecule has 0 aliphatic carbocycles. The monoisotopic (exact) mass is 257 g/mol. The second kappa shape index (κ2) is 12.9. The topological polar surface area (TPSA) is 46.5 Å². The van der Waals surface area contributed by atoms with Crippen molar-refractivity contribution < 1.29 is 14.6 Å². The first-order valence-corrected chi connectivity index (χ1v) is 7.34. The van der Waals surface area contributed by atoms with Crippen LogP contribution in [0.15, 0.2) is 0 Å². The molecule has 0 heterocycles. The fourth-order valence-corrected chi connectivity index (χ4v) is 1.86. The van der Waals surface area contributed by atoms with Gasteiger partial charge in [-0.2, -0.15) is 0 Å². The number of rotatable bonds is 12. The van der Waals surface area contributed by atoms with Crippen molar-refractivity contribution in [2.24, 2.45) is 0 Å². The first-order valence-electron chi connectivity index (χ1n) is 7.34. The minimum Gasteiger partial charge on any atom is -0.460 e. The lowest BCUT2D eigenvalue weighted by Crippen LogP contribution is -2.18. The van der Waals surface area contributed by atoms with E-state index >= 15 is 0 Å². The Balaban J connectivity index is 3.17. The van der Waals surface area contributed by atoms with Gasteiger partial charge in [0.15, 0.2) is 0 Å². The van der Waals surface area contributed by atoms with E-state index in [2.05, 4.69) is 13.8 Å². The smallest absolute Gasteiger partial charge is 0.306 e. The number of hydrogen-bond acceptors (Lipinski definition) is 3. The Hall–Kier alpha value is -0.570. The molecule has 3 nitrogen and oxygen atoms in total. The van der Waals surface area contributed by atoms with Crippen LogP contribution in [0.5, 0.6) is 0 Å². The third-order valence-corrected chi connectivity index (χ3v) is 2.99. The normalized spacial score (nSPS) is 12.4. The largest absolute Gasteiger partial charge is 0.460 e. The van der Waals surface area contributed by atoms with E-state index in [0.717, 1.165) is 12.8 Å². The van der Waals surface area contributed by atoms with Crippen molar-refractivity contribution in [1.29, 1.82) is 0 Å². The van der Waals surface area contributed by atoms with Gasteiger partial charge in [-0.15, -0.1) is 0 Å². The minimum atomic E-state index is -0.615. The van der Waals surface area contributed by atoms with E-state index in [0.29, 0.717) is 6.42 Å². The zero-order chi connectivity index (χ0) is 13.6. The van der Waals surface area contributed by atoms with Crippen LogP contribution in [0.2, 0.25) is 0 Å². The Kier molecular flexibility index (Phi) is 12.5. The minimum absolute atomic E-state index is 0.205. The fraction of sp³-hybridized carbons (Fsp3) is 0.867. The number of ether oxygens (including phenoxy) is 1. The summed E-state index contributed by atoms with van der Waals surface area (Å²) in [5, 5.41) is 8.67. The van der Waals surface area contributed by atoms with Crippen molar-refractivity contribution >= 4 is 5.97 Å². The number of carbonyl (C=O) groups excluding carboxylic acids is 1. The summed E-state index contributed by atoms with van der Waals surface area (Å²) in [4.78, 5) is 11.2. The van der Waals surface area contributed by atoms with E-state index in [1.165, 1.54) is 44.9 Å². The average Bonchev–Trinajstić information content (AvgIpc) is 2.36. The highest BCUT2D eigenvalue weighted by atomic mass is 16.5. The number of carbonyl (C=O) groups is 1. The predicted molar refractivity (Wildman–Crippen MR) is 74.2 cm³/mol. The van der Waals surface area contributed by atoms with Gasteiger partial charge in [-0.3, -0.25) is 4.79 Å². The molecule has 0 fully saturated rings. The second-order valence-electron chi connectivity index (χ2n) is 4.87. The quantitative estimate of drug-likeness (QED) is 0.429. The lowest BCUT2D eigenvalue weighted by molar-refractivity contribution is -0.148.